The molecule has 0 aliphatic heterocycles. The first-order valence-corrected chi connectivity index (χ1v) is 7.49. The number of halogens is 1. The highest BCUT2D eigenvalue weighted by Gasteiger charge is 2.04. The number of nitrogens with one attached hydrogen (secondary N) is 1. The van der Waals surface area contributed by atoms with Crippen molar-refractivity contribution in [3.8, 4) is 0 Å². The minimum Gasteiger partial charge on any atom is -0.313 e. The second kappa shape index (κ2) is 7.36. The lowest BCUT2D eigenvalue weighted by Gasteiger charge is -2.17. The normalized spacial score (nSPS) is 13.1. The van der Waals surface area contributed by atoms with Crippen molar-refractivity contribution in [3.05, 3.63) is 28.7 Å². The third-order valence-electron chi connectivity index (χ3n) is 2.63. The average molecular weight is 302 g/mol. The Labute approximate surface area is 112 Å². The first kappa shape index (κ1) is 14.1. The summed E-state index contributed by atoms with van der Waals surface area (Å²) in [5.41, 5.74) is 0. The number of thioether (sulfide) groups is 1. The molecule has 0 radical (unpaired) electrons. The van der Waals surface area contributed by atoms with Crippen LogP contribution in [0, 0.1) is 5.92 Å². The largest absolute Gasteiger partial charge is 0.313 e. The molecule has 90 valence electrons. The van der Waals surface area contributed by atoms with E-state index >= 15 is 0 Å². The fourth-order valence-electron chi connectivity index (χ4n) is 1.25. The molecule has 1 unspecified atom stereocenters. The van der Waals surface area contributed by atoms with Crippen molar-refractivity contribution < 1.29 is 0 Å². The second-order valence-corrected chi connectivity index (χ2v) is 6.38. The van der Waals surface area contributed by atoms with Crippen molar-refractivity contribution in [2.24, 2.45) is 5.92 Å². The van der Waals surface area contributed by atoms with E-state index in [9.17, 15) is 0 Å². The van der Waals surface area contributed by atoms with E-state index in [-0.39, 0.29) is 0 Å². The van der Waals surface area contributed by atoms with Gasteiger partial charge in [-0.05, 0) is 31.0 Å². The van der Waals surface area contributed by atoms with Crippen molar-refractivity contribution in [1.29, 1.82) is 0 Å². The molecule has 1 aromatic carbocycles. The van der Waals surface area contributed by atoms with Crippen LogP contribution in [0.2, 0.25) is 0 Å². The van der Waals surface area contributed by atoms with Gasteiger partial charge in [0.05, 0.1) is 0 Å². The smallest absolute Gasteiger partial charge is 0.0186 e. The molecule has 1 aromatic rings. The molecule has 0 spiro atoms. The minimum atomic E-state index is 0.600. The van der Waals surface area contributed by atoms with E-state index in [0.717, 1.165) is 16.8 Å². The van der Waals surface area contributed by atoms with E-state index in [1.54, 1.807) is 0 Å². The van der Waals surface area contributed by atoms with E-state index in [1.165, 1.54) is 4.90 Å². The molecule has 0 fully saturated rings. The van der Waals surface area contributed by atoms with E-state index in [2.05, 4.69) is 66.3 Å². The SMILES string of the molecule is CC(C)C(C)NCCSc1cccc(Br)c1. The van der Waals surface area contributed by atoms with Gasteiger partial charge in [-0.2, -0.15) is 0 Å². The molecule has 1 N–H and O–H groups in total. The average Bonchev–Trinajstić information content (AvgIpc) is 2.24. The monoisotopic (exact) mass is 301 g/mol. The number of benzene rings is 1. The maximum atomic E-state index is 3.53. The Bertz CT molecular complexity index is 315. The molecule has 0 aliphatic rings. The van der Waals surface area contributed by atoms with Gasteiger partial charge in [-0.15, -0.1) is 11.8 Å². The fourth-order valence-corrected chi connectivity index (χ4v) is 2.64. The molecule has 0 aromatic heterocycles. The Balaban J connectivity index is 2.21. The van der Waals surface area contributed by atoms with Gasteiger partial charge in [0.25, 0.3) is 0 Å². The highest BCUT2D eigenvalue weighted by atomic mass is 79.9. The Kier molecular flexibility index (Phi) is 6.47. The van der Waals surface area contributed by atoms with Gasteiger partial charge in [-0.25, -0.2) is 0 Å². The second-order valence-electron chi connectivity index (χ2n) is 4.29. The summed E-state index contributed by atoms with van der Waals surface area (Å²) in [6, 6.07) is 9.06. The van der Waals surface area contributed by atoms with Gasteiger partial charge in [0.2, 0.25) is 0 Å². The van der Waals surface area contributed by atoms with E-state index < -0.39 is 0 Å². The maximum absolute atomic E-state index is 3.53. The van der Waals surface area contributed by atoms with Gasteiger partial charge in [0, 0.05) is 27.7 Å². The van der Waals surface area contributed by atoms with Crippen LogP contribution < -0.4 is 5.32 Å². The molecular formula is C13H20BrNS. The number of hydrogen-bond donors (Lipinski definition) is 1. The van der Waals surface area contributed by atoms with Crippen LogP contribution in [0.15, 0.2) is 33.6 Å². The lowest BCUT2D eigenvalue weighted by atomic mass is 10.1. The highest BCUT2D eigenvalue weighted by molar-refractivity contribution is 9.10. The van der Waals surface area contributed by atoms with E-state index in [1.807, 2.05) is 11.8 Å². The molecule has 1 nitrogen and oxygen atoms in total. The van der Waals surface area contributed by atoms with Crippen LogP contribution in [0.1, 0.15) is 20.8 Å². The molecule has 0 bridgehead atoms. The summed E-state index contributed by atoms with van der Waals surface area (Å²) in [4.78, 5) is 1.33. The highest BCUT2D eigenvalue weighted by Crippen LogP contribution is 2.21. The quantitative estimate of drug-likeness (QED) is 0.625. The van der Waals surface area contributed by atoms with Crippen molar-refractivity contribution >= 4 is 27.7 Å². The molecule has 0 heterocycles. The molecule has 1 rings (SSSR count). The topological polar surface area (TPSA) is 12.0 Å². The summed E-state index contributed by atoms with van der Waals surface area (Å²) >= 11 is 5.38. The summed E-state index contributed by atoms with van der Waals surface area (Å²) in [6.07, 6.45) is 0. The molecular weight excluding hydrogens is 282 g/mol. The first-order valence-electron chi connectivity index (χ1n) is 5.71. The summed E-state index contributed by atoms with van der Waals surface area (Å²) in [6.45, 7) is 7.81. The van der Waals surface area contributed by atoms with Gasteiger partial charge < -0.3 is 5.32 Å². The van der Waals surface area contributed by atoms with Gasteiger partial charge in [0.15, 0.2) is 0 Å². The predicted molar refractivity (Wildman–Crippen MR) is 77.2 cm³/mol. The Hall–Kier alpha value is 0.01000. The summed E-state index contributed by atoms with van der Waals surface area (Å²) in [5, 5.41) is 3.53. The Morgan fingerprint density at radius 3 is 2.69 bits per heavy atom. The lowest BCUT2D eigenvalue weighted by Crippen LogP contribution is -2.32. The van der Waals surface area contributed by atoms with Gasteiger partial charge in [0.1, 0.15) is 0 Å². The molecule has 0 saturated heterocycles. The van der Waals surface area contributed by atoms with E-state index in [0.29, 0.717) is 12.0 Å². The third kappa shape index (κ3) is 5.37. The Morgan fingerprint density at radius 1 is 1.31 bits per heavy atom. The minimum absolute atomic E-state index is 0.600. The standard InChI is InChI=1S/C13H20BrNS/c1-10(2)11(3)15-7-8-16-13-6-4-5-12(14)9-13/h4-6,9-11,15H,7-8H2,1-3H3. The molecule has 0 saturated carbocycles. The lowest BCUT2D eigenvalue weighted by molar-refractivity contribution is 0.438. The zero-order chi connectivity index (χ0) is 12.0. The van der Waals surface area contributed by atoms with Gasteiger partial charge in [-0.3, -0.25) is 0 Å². The molecule has 1 atom stereocenters. The van der Waals surface area contributed by atoms with Crippen molar-refractivity contribution in [1.82, 2.24) is 5.32 Å². The van der Waals surface area contributed by atoms with Crippen molar-refractivity contribution in [2.45, 2.75) is 31.7 Å². The van der Waals surface area contributed by atoms with Gasteiger partial charge in [-0.1, -0.05) is 35.8 Å². The third-order valence-corrected chi connectivity index (χ3v) is 4.12. The van der Waals surface area contributed by atoms with Gasteiger partial charge >= 0.3 is 0 Å². The molecule has 3 heteroatoms. The maximum Gasteiger partial charge on any atom is 0.0186 e. The summed E-state index contributed by atoms with van der Waals surface area (Å²) in [5.74, 6) is 1.82. The molecule has 16 heavy (non-hydrogen) atoms. The van der Waals surface area contributed by atoms with Crippen molar-refractivity contribution in [2.75, 3.05) is 12.3 Å². The molecule has 0 aliphatic carbocycles. The van der Waals surface area contributed by atoms with Crippen LogP contribution >= 0.6 is 27.7 Å². The summed E-state index contributed by atoms with van der Waals surface area (Å²) < 4.78 is 1.15. The van der Waals surface area contributed by atoms with Crippen LogP contribution in [-0.2, 0) is 0 Å². The first-order chi connectivity index (χ1) is 7.59. The zero-order valence-electron chi connectivity index (χ0n) is 10.2. The van der Waals surface area contributed by atoms with Crippen LogP contribution in [0.5, 0.6) is 0 Å². The Morgan fingerprint density at radius 2 is 2.06 bits per heavy atom. The number of rotatable bonds is 6. The summed E-state index contributed by atoms with van der Waals surface area (Å²) in [7, 11) is 0. The van der Waals surface area contributed by atoms with Crippen LogP contribution in [0.25, 0.3) is 0 Å². The fraction of sp³-hybridized carbons (Fsp3) is 0.538. The van der Waals surface area contributed by atoms with Crippen LogP contribution in [-0.4, -0.2) is 18.3 Å². The number of hydrogen-bond acceptors (Lipinski definition) is 2. The van der Waals surface area contributed by atoms with E-state index in [4.69, 9.17) is 0 Å². The van der Waals surface area contributed by atoms with Crippen LogP contribution in [0.3, 0.4) is 0 Å². The molecule has 0 amide bonds. The predicted octanol–water partition coefficient (Wildman–Crippen LogP) is 4.18. The van der Waals surface area contributed by atoms with Crippen LogP contribution in [0.4, 0.5) is 0 Å². The zero-order valence-corrected chi connectivity index (χ0v) is 12.6. The van der Waals surface area contributed by atoms with Crippen molar-refractivity contribution in [3.63, 3.8) is 0 Å².